The molecule has 27 heavy (non-hydrogen) atoms. The number of hydrogen-bond acceptors (Lipinski definition) is 4. The van der Waals surface area contributed by atoms with Crippen LogP contribution in [0.5, 0.6) is 0 Å². The molecule has 3 aromatic rings. The first-order valence-corrected chi connectivity index (χ1v) is 10.7. The van der Waals surface area contributed by atoms with E-state index in [-0.39, 0.29) is 0 Å². The summed E-state index contributed by atoms with van der Waals surface area (Å²) in [7, 11) is 0. The van der Waals surface area contributed by atoms with E-state index in [0.717, 1.165) is 52.3 Å². The fraction of sp³-hybridized carbons (Fsp3) is 0.391. The zero-order valence-corrected chi connectivity index (χ0v) is 16.5. The van der Waals surface area contributed by atoms with Crippen molar-refractivity contribution in [2.45, 2.75) is 25.6 Å². The molecule has 1 fully saturated rings. The van der Waals surface area contributed by atoms with Crippen molar-refractivity contribution in [3.8, 4) is 0 Å². The molecule has 0 spiro atoms. The summed E-state index contributed by atoms with van der Waals surface area (Å²) in [5, 5.41) is 3.50. The zero-order chi connectivity index (χ0) is 18.3. The number of likely N-dealkylation sites (tertiary alicyclic amines) is 1. The monoisotopic (exact) mass is 381 g/mol. The minimum absolute atomic E-state index is 0.387. The molecule has 0 N–H and O–H groups in total. The lowest BCUT2D eigenvalue weighted by molar-refractivity contribution is -0.0643. The van der Waals surface area contributed by atoms with Crippen molar-refractivity contribution < 1.29 is 9.47 Å². The Bertz CT molecular complexity index is 827. The third-order valence-corrected chi connectivity index (χ3v) is 5.96. The quantitative estimate of drug-likeness (QED) is 0.473. The van der Waals surface area contributed by atoms with Crippen LogP contribution in [0.1, 0.15) is 17.5 Å². The van der Waals surface area contributed by atoms with Crippen LogP contribution in [-0.4, -0.2) is 43.9 Å². The van der Waals surface area contributed by atoms with E-state index in [4.69, 9.17) is 9.47 Å². The minimum Gasteiger partial charge on any atom is -0.381 e. The second-order valence-corrected chi connectivity index (χ2v) is 8.13. The first-order chi connectivity index (χ1) is 13.4. The van der Waals surface area contributed by atoms with Crippen LogP contribution in [0.2, 0.25) is 0 Å². The lowest BCUT2D eigenvalue weighted by Gasteiger charge is -2.38. The zero-order valence-electron chi connectivity index (χ0n) is 15.7. The molecule has 1 saturated heterocycles. The average Bonchev–Trinajstić information content (AvgIpc) is 3.14. The molecule has 4 rings (SSSR count). The van der Waals surface area contributed by atoms with Gasteiger partial charge < -0.3 is 9.47 Å². The standard InChI is InChI=1S/C23H27NO2S/c1-2-5-20(6-3-1)18-26-22-16-24(17-22)11-4-12-25-13-9-19-7-8-23-21(15-19)10-14-27-23/h1-3,5-8,10,14-15,22H,4,9,11-13,16-18H2. The number of fused-ring (bicyclic) bond motifs is 1. The summed E-state index contributed by atoms with van der Waals surface area (Å²) in [5.74, 6) is 0. The van der Waals surface area contributed by atoms with Crippen molar-refractivity contribution in [3.63, 3.8) is 0 Å². The second-order valence-electron chi connectivity index (χ2n) is 7.19. The SMILES string of the molecule is c1ccc(COC2CN(CCCOCCc3ccc4sccc4c3)C2)cc1. The Kier molecular flexibility index (Phi) is 6.53. The van der Waals surface area contributed by atoms with Crippen LogP contribution in [0.15, 0.2) is 60.0 Å². The molecule has 0 atom stereocenters. The van der Waals surface area contributed by atoms with Crippen molar-refractivity contribution in [1.82, 2.24) is 4.90 Å². The summed E-state index contributed by atoms with van der Waals surface area (Å²) in [6.45, 7) is 5.57. The molecule has 0 saturated carbocycles. The van der Waals surface area contributed by atoms with Crippen LogP contribution in [0.3, 0.4) is 0 Å². The van der Waals surface area contributed by atoms with Crippen molar-refractivity contribution in [2.75, 3.05) is 32.8 Å². The van der Waals surface area contributed by atoms with Gasteiger partial charge in [-0.3, -0.25) is 4.90 Å². The average molecular weight is 382 g/mol. The highest BCUT2D eigenvalue weighted by Gasteiger charge is 2.26. The molecular formula is C23H27NO2S. The normalized spacial score (nSPS) is 15.3. The number of thiophene rings is 1. The van der Waals surface area contributed by atoms with E-state index in [2.05, 4.69) is 58.8 Å². The number of hydrogen-bond donors (Lipinski definition) is 0. The van der Waals surface area contributed by atoms with Crippen LogP contribution >= 0.6 is 11.3 Å². The number of rotatable bonds is 10. The Morgan fingerprint density at radius 1 is 0.963 bits per heavy atom. The maximum Gasteiger partial charge on any atom is 0.0833 e. The minimum atomic E-state index is 0.387. The molecule has 0 bridgehead atoms. The van der Waals surface area contributed by atoms with Gasteiger partial charge in [0.1, 0.15) is 0 Å². The fourth-order valence-electron chi connectivity index (χ4n) is 3.45. The van der Waals surface area contributed by atoms with Gasteiger partial charge in [0.25, 0.3) is 0 Å². The molecule has 0 aliphatic carbocycles. The fourth-order valence-corrected chi connectivity index (χ4v) is 4.22. The van der Waals surface area contributed by atoms with Gasteiger partial charge in [0.15, 0.2) is 0 Å². The topological polar surface area (TPSA) is 21.7 Å². The van der Waals surface area contributed by atoms with E-state index < -0.39 is 0 Å². The van der Waals surface area contributed by atoms with Crippen molar-refractivity contribution >= 4 is 21.4 Å². The predicted octanol–water partition coefficient (Wildman–Crippen LogP) is 4.75. The van der Waals surface area contributed by atoms with Crippen LogP contribution < -0.4 is 0 Å². The molecule has 4 heteroatoms. The molecule has 2 heterocycles. The summed E-state index contributed by atoms with van der Waals surface area (Å²) in [5.41, 5.74) is 2.62. The van der Waals surface area contributed by atoms with Gasteiger partial charge in [0.05, 0.1) is 19.3 Å². The Hall–Kier alpha value is -1.72. The third-order valence-electron chi connectivity index (χ3n) is 5.07. The summed E-state index contributed by atoms with van der Waals surface area (Å²) >= 11 is 1.80. The molecule has 1 aliphatic heterocycles. The molecular weight excluding hydrogens is 354 g/mol. The van der Waals surface area contributed by atoms with Crippen LogP contribution in [-0.2, 0) is 22.5 Å². The van der Waals surface area contributed by atoms with Gasteiger partial charge in [-0.1, -0.05) is 42.5 Å². The summed E-state index contributed by atoms with van der Waals surface area (Å²) in [4.78, 5) is 2.45. The van der Waals surface area contributed by atoms with Crippen LogP contribution in [0, 0.1) is 0 Å². The summed E-state index contributed by atoms with van der Waals surface area (Å²) in [6.07, 6.45) is 2.47. The maximum absolute atomic E-state index is 5.94. The van der Waals surface area contributed by atoms with E-state index >= 15 is 0 Å². The highest BCUT2D eigenvalue weighted by Crippen LogP contribution is 2.22. The molecule has 2 aromatic carbocycles. The summed E-state index contributed by atoms with van der Waals surface area (Å²) in [6, 6.07) is 19.3. The Morgan fingerprint density at radius 3 is 2.74 bits per heavy atom. The van der Waals surface area contributed by atoms with Crippen molar-refractivity contribution in [2.24, 2.45) is 0 Å². The van der Waals surface area contributed by atoms with E-state index in [1.807, 2.05) is 6.07 Å². The van der Waals surface area contributed by atoms with Crippen molar-refractivity contribution in [3.05, 3.63) is 71.1 Å². The van der Waals surface area contributed by atoms with Gasteiger partial charge in [0.2, 0.25) is 0 Å². The first kappa shape index (κ1) is 18.6. The van der Waals surface area contributed by atoms with E-state index in [9.17, 15) is 0 Å². The molecule has 1 aromatic heterocycles. The van der Waals surface area contributed by atoms with E-state index in [1.165, 1.54) is 21.2 Å². The number of benzene rings is 2. The lowest BCUT2D eigenvalue weighted by atomic mass is 10.1. The van der Waals surface area contributed by atoms with Crippen LogP contribution in [0.4, 0.5) is 0 Å². The predicted molar refractivity (Wildman–Crippen MR) is 112 cm³/mol. The van der Waals surface area contributed by atoms with Gasteiger partial charge in [-0.15, -0.1) is 11.3 Å². The van der Waals surface area contributed by atoms with Gasteiger partial charge in [-0.2, -0.15) is 0 Å². The Balaban J connectivity index is 1.03. The highest BCUT2D eigenvalue weighted by molar-refractivity contribution is 7.17. The summed E-state index contributed by atoms with van der Waals surface area (Å²) < 4.78 is 13.1. The number of ether oxygens (including phenoxy) is 2. The molecule has 3 nitrogen and oxygen atoms in total. The van der Waals surface area contributed by atoms with Crippen LogP contribution in [0.25, 0.3) is 10.1 Å². The second kappa shape index (κ2) is 9.47. The lowest BCUT2D eigenvalue weighted by Crippen LogP contribution is -2.52. The van der Waals surface area contributed by atoms with Gasteiger partial charge in [0, 0.05) is 30.9 Å². The third kappa shape index (κ3) is 5.39. The Morgan fingerprint density at radius 2 is 1.85 bits per heavy atom. The van der Waals surface area contributed by atoms with Crippen molar-refractivity contribution in [1.29, 1.82) is 0 Å². The van der Waals surface area contributed by atoms with E-state index in [0.29, 0.717) is 6.10 Å². The first-order valence-electron chi connectivity index (χ1n) is 9.78. The van der Waals surface area contributed by atoms with Gasteiger partial charge >= 0.3 is 0 Å². The maximum atomic E-state index is 5.94. The largest absolute Gasteiger partial charge is 0.381 e. The van der Waals surface area contributed by atoms with Gasteiger partial charge in [-0.25, -0.2) is 0 Å². The Labute approximate surface area is 165 Å². The smallest absolute Gasteiger partial charge is 0.0833 e. The molecule has 0 radical (unpaired) electrons. The molecule has 1 aliphatic rings. The molecule has 0 unspecified atom stereocenters. The molecule has 0 amide bonds. The number of nitrogens with zero attached hydrogens (tertiary/aromatic N) is 1. The van der Waals surface area contributed by atoms with Gasteiger partial charge in [-0.05, 0) is 46.9 Å². The van der Waals surface area contributed by atoms with E-state index in [1.54, 1.807) is 11.3 Å². The highest BCUT2D eigenvalue weighted by atomic mass is 32.1. The molecule has 142 valence electrons.